The molecule has 3 heterocycles. The number of piperidine rings is 1. The number of benzene rings is 1. The molecule has 2 aromatic rings. The number of fused-ring (bicyclic) bond motifs is 1. The second-order valence-electron chi connectivity index (χ2n) is 8.68. The summed E-state index contributed by atoms with van der Waals surface area (Å²) in [4.78, 5) is 29.8. The van der Waals surface area contributed by atoms with Crippen molar-refractivity contribution in [3.63, 3.8) is 0 Å². The molecular formula is C24H32N2O5. The molecule has 0 bridgehead atoms. The summed E-state index contributed by atoms with van der Waals surface area (Å²) >= 11 is 0. The Morgan fingerprint density at radius 3 is 2.45 bits per heavy atom. The predicted octanol–water partition coefficient (Wildman–Crippen LogP) is 3.46. The van der Waals surface area contributed by atoms with Crippen LogP contribution in [0.4, 0.5) is 0 Å². The number of likely N-dealkylation sites (tertiary alicyclic amines) is 1. The zero-order valence-corrected chi connectivity index (χ0v) is 18.6. The van der Waals surface area contributed by atoms with Crippen molar-refractivity contribution in [2.45, 2.75) is 52.4 Å². The van der Waals surface area contributed by atoms with Crippen molar-refractivity contribution in [2.24, 2.45) is 5.92 Å². The molecule has 4 rings (SSSR count). The first-order valence-corrected chi connectivity index (χ1v) is 11.3. The van der Waals surface area contributed by atoms with Gasteiger partial charge in [-0.15, -0.1) is 0 Å². The molecule has 1 aromatic carbocycles. The molecule has 2 fully saturated rings. The maximum absolute atomic E-state index is 13.0. The van der Waals surface area contributed by atoms with Gasteiger partial charge in [0.1, 0.15) is 5.58 Å². The van der Waals surface area contributed by atoms with Crippen LogP contribution in [0.15, 0.2) is 28.7 Å². The van der Waals surface area contributed by atoms with Crippen molar-refractivity contribution in [3.8, 4) is 0 Å². The molecule has 31 heavy (non-hydrogen) atoms. The van der Waals surface area contributed by atoms with Gasteiger partial charge in [0.2, 0.25) is 11.7 Å². The molecule has 2 atom stereocenters. The van der Waals surface area contributed by atoms with Crippen molar-refractivity contribution in [1.82, 2.24) is 9.80 Å². The monoisotopic (exact) mass is 428 g/mol. The van der Waals surface area contributed by atoms with Gasteiger partial charge >= 0.3 is 5.97 Å². The first-order valence-electron chi connectivity index (χ1n) is 11.3. The molecule has 2 aliphatic rings. The number of carbonyl (C=O) groups is 2. The van der Waals surface area contributed by atoms with E-state index in [9.17, 15) is 9.59 Å². The quantitative estimate of drug-likeness (QED) is 0.679. The normalized spacial score (nSPS) is 23.3. The number of furan rings is 1. The van der Waals surface area contributed by atoms with E-state index in [0.29, 0.717) is 31.8 Å². The molecule has 2 saturated heterocycles. The third-order valence-electron chi connectivity index (χ3n) is 6.21. The SMILES string of the molecule is CCOC(=O)c1oc2ccccc2c1CN1CCC(C(=O)N2CC(C)OC(C)C2)CC1. The van der Waals surface area contributed by atoms with Crippen LogP contribution in [0.1, 0.15) is 49.7 Å². The van der Waals surface area contributed by atoms with Gasteiger partial charge in [0.05, 0.1) is 18.8 Å². The number of morpholine rings is 1. The fraction of sp³-hybridized carbons (Fsp3) is 0.583. The molecule has 2 unspecified atom stereocenters. The van der Waals surface area contributed by atoms with Crippen LogP contribution in [0.2, 0.25) is 0 Å². The Bertz CT molecular complexity index is 921. The highest BCUT2D eigenvalue weighted by molar-refractivity contribution is 5.96. The van der Waals surface area contributed by atoms with Gasteiger partial charge in [-0.25, -0.2) is 4.79 Å². The van der Waals surface area contributed by atoms with Crippen molar-refractivity contribution in [3.05, 3.63) is 35.6 Å². The highest BCUT2D eigenvalue weighted by Crippen LogP contribution is 2.30. The van der Waals surface area contributed by atoms with E-state index in [-0.39, 0.29) is 29.8 Å². The van der Waals surface area contributed by atoms with Gasteiger partial charge < -0.3 is 18.8 Å². The number of para-hydroxylation sites is 1. The second kappa shape index (κ2) is 9.40. The number of hydrogen-bond acceptors (Lipinski definition) is 6. The molecule has 0 N–H and O–H groups in total. The van der Waals surface area contributed by atoms with E-state index in [0.717, 1.165) is 36.9 Å². The molecule has 0 saturated carbocycles. The Labute approximate surface area is 183 Å². The number of rotatable bonds is 5. The summed E-state index contributed by atoms with van der Waals surface area (Å²) in [6.45, 7) is 9.73. The Morgan fingerprint density at radius 2 is 1.77 bits per heavy atom. The average Bonchev–Trinajstić information content (AvgIpc) is 3.12. The summed E-state index contributed by atoms with van der Waals surface area (Å²) in [5.41, 5.74) is 1.57. The van der Waals surface area contributed by atoms with E-state index in [1.807, 2.05) is 43.0 Å². The average molecular weight is 429 g/mol. The Kier molecular flexibility index (Phi) is 6.62. The number of esters is 1. The van der Waals surface area contributed by atoms with Gasteiger partial charge in [0, 0.05) is 36.5 Å². The van der Waals surface area contributed by atoms with Crippen LogP contribution in [0.5, 0.6) is 0 Å². The Morgan fingerprint density at radius 1 is 1.10 bits per heavy atom. The van der Waals surface area contributed by atoms with Crippen LogP contribution in [0.25, 0.3) is 11.0 Å². The summed E-state index contributed by atoms with van der Waals surface area (Å²) in [5, 5.41) is 0.944. The van der Waals surface area contributed by atoms with E-state index in [1.54, 1.807) is 6.92 Å². The van der Waals surface area contributed by atoms with E-state index in [1.165, 1.54) is 0 Å². The van der Waals surface area contributed by atoms with E-state index in [2.05, 4.69) is 4.90 Å². The first kappa shape index (κ1) is 21.8. The fourth-order valence-electron chi connectivity index (χ4n) is 4.79. The van der Waals surface area contributed by atoms with Crippen LogP contribution in [0, 0.1) is 5.92 Å². The van der Waals surface area contributed by atoms with Crippen LogP contribution in [-0.4, -0.2) is 66.7 Å². The number of amides is 1. The highest BCUT2D eigenvalue weighted by Gasteiger charge is 2.33. The maximum atomic E-state index is 13.0. The van der Waals surface area contributed by atoms with E-state index < -0.39 is 5.97 Å². The summed E-state index contributed by atoms with van der Waals surface area (Å²) < 4.78 is 16.8. The minimum absolute atomic E-state index is 0.0550. The lowest BCUT2D eigenvalue weighted by Crippen LogP contribution is -2.51. The van der Waals surface area contributed by atoms with Crippen LogP contribution in [0.3, 0.4) is 0 Å². The van der Waals surface area contributed by atoms with Crippen LogP contribution in [-0.2, 0) is 20.8 Å². The molecular weight excluding hydrogens is 396 g/mol. The largest absolute Gasteiger partial charge is 0.460 e. The predicted molar refractivity (Wildman–Crippen MR) is 117 cm³/mol. The Hall–Kier alpha value is -2.38. The molecule has 0 aliphatic carbocycles. The van der Waals surface area contributed by atoms with Gasteiger partial charge in [0.25, 0.3) is 0 Å². The lowest BCUT2D eigenvalue weighted by atomic mass is 9.94. The van der Waals surface area contributed by atoms with E-state index >= 15 is 0 Å². The summed E-state index contributed by atoms with van der Waals surface area (Å²) in [6.07, 6.45) is 1.82. The summed E-state index contributed by atoms with van der Waals surface area (Å²) in [7, 11) is 0. The van der Waals surface area contributed by atoms with Gasteiger partial charge in [-0.2, -0.15) is 0 Å². The third kappa shape index (κ3) is 4.77. The zero-order chi connectivity index (χ0) is 22.0. The number of hydrogen-bond donors (Lipinski definition) is 0. The van der Waals surface area contributed by atoms with Gasteiger partial charge in [-0.1, -0.05) is 18.2 Å². The fourth-order valence-corrected chi connectivity index (χ4v) is 4.79. The number of nitrogens with zero attached hydrogens (tertiary/aromatic N) is 2. The Balaban J connectivity index is 1.42. The van der Waals surface area contributed by atoms with Crippen molar-refractivity contribution in [2.75, 3.05) is 32.8 Å². The third-order valence-corrected chi connectivity index (χ3v) is 6.21. The molecule has 7 heteroatoms. The number of carbonyl (C=O) groups excluding carboxylic acids is 2. The minimum Gasteiger partial charge on any atom is -0.460 e. The van der Waals surface area contributed by atoms with Crippen LogP contribution < -0.4 is 0 Å². The lowest BCUT2D eigenvalue weighted by Gasteiger charge is -2.39. The maximum Gasteiger partial charge on any atom is 0.374 e. The topological polar surface area (TPSA) is 72.2 Å². The second-order valence-corrected chi connectivity index (χ2v) is 8.68. The zero-order valence-electron chi connectivity index (χ0n) is 18.6. The van der Waals surface area contributed by atoms with Gasteiger partial charge in [-0.05, 0) is 52.8 Å². The molecule has 0 spiro atoms. The molecule has 7 nitrogen and oxygen atoms in total. The molecule has 2 aliphatic heterocycles. The lowest BCUT2D eigenvalue weighted by molar-refractivity contribution is -0.148. The molecule has 1 aromatic heterocycles. The molecule has 0 radical (unpaired) electrons. The van der Waals surface area contributed by atoms with Crippen molar-refractivity contribution >= 4 is 22.8 Å². The van der Waals surface area contributed by atoms with Crippen molar-refractivity contribution in [1.29, 1.82) is 0 Å². The first-order chi connectivity index (χ1) is 15.0. The minimum atomic E-state index is -0.422. The van der Waals surface area contributed by atoms with Gasteiger partial charge in [-0.3, -0.25) is 9.69 Å². The van der Waals surface area contributed by atoms with E-state index in [4.69, 9.17) is 13.9 Å². The summed E-state index contributed by atoms with van der Waals surface area (Å²) in [5.74, 6) is 0.175. The molecule has 1 amide bonds. The van der Waals surface area contributed by atoms with Crippen LogP contribution >= 0.6 is 0 Å². The highest BCUT2D eigenvalue weighted by atomic mass is 16.5. The number of ether oxygens (including phenoxy) is 2. The standard InChI is InChI=1S/C24H32N2O5/c1-4-29-24(28)22-20(19-7-5-6-8-21(19)31-22)15-25-11-9-18(10-12-25)23(27)26-13-16(2)30-17(3)14-26/h5-8,16-18H,4,9-15H2,1-3H3. The smallest absolute Gasteiger partial charge is 0.374 e. The molecule has 168 valence electrons. The summed E-state index contributed by atoms with van der Waals surface area (Å²) in [6, 6.07) is 7.70. The van der Waals surface area contributed by atoms with Gasteiger partial charge in [0.15, 0.2) is 0 Å². The van der Waals surface area contributed by atoms with Crippen molar-refractivity contribution < 1.29 is 23.5 Å².